The van der Waals surface area contributed by atoms with Crippen LogP contribution in [0.1, 0.15) is 53.4 Å². The van der Waals surface area contributed by atoms with Crippen LogP contribution in [0.25, 0.3) is 0 Å². The first-order valence-electron chi connectivity index (χ1n) is 8.66. The first kappa shape index (κ1) is 16.5. The first-order valence-corrected chi connectivity index (χ1v) is 8.66. The van der Waals surface area contributed by atoms with Crippen molar-refractivity contribution in [2.24, 2.45) is 17.8 Å². The number of hydrogen-bond acceptors (Lipinski definition) is 2. The quantitative estimate of drug-likeness (QED) is 0.807. The Kier molecular flexibility index (Phi) is 5.86. The minimum absolute atomic E-state index is 0.226. The van der Waals surface area contributed by atoms with Crippen molar-refractivity contribution in [2.45, 2.75) is 59.4 Å². The van der Waals surface area contributed by atoms with E-state index in [1.807, 2.05) is 13.8 Å². The van der Waals surface area contributed by atoms with Crippen molar-refractivity contribution in [3.8, 4) is 0 Å². The SMILES string of the molecule is CC1=CCCC(C)C1CN1CCC(C(=O)NC(C)C)CC1. The number of nitrogens with one attached hydrogen (secondary N) is 1. The Balaban J connectivity index is 1.80. The van der Waals surface area contributed by atoms with Gasteiger partial charge in [0, 0.05) is 18.5 Å². The number of piperidine rings is 1. The molecule has 1 aliphatic carbocycles. The van der Waals surface area contributed by atoms with E-state index in [0.717, 1.165) is 37.8 Å². The second-order valence-corrected chi connectivity index (χ2v) is 7.35. The van der Waals surface area contributed by atoms with Gasteiger partial charge < -0.3 is 10.2 Å². The Morgan fingerprint density at radius 3 is 2.57 bits per heavy atom. The van der Waals surface area contributed by atoms with Crippen LogP contribution in [0, 0.1) is 17.8 Å². The number of carbonyl (C=O) groups excluding carboxylic acids is 1. The maximum atomic E-state index is 12.1. The Morgan fingerprint density at radius 1 is 1.33 bits per heavy atom. The fourth-order valence-electron chi connectivity index (χ4n) is 3.76. The molecule has 1 saturated heterocycles. The summed E-state index contributed by atoms with van der Waals surface area (Å²) in [6.45, 7) is 12.1. The molecule has 1 fully saturated rings. The normalized spacial score (nSPS) is 28.5. The van der Waals surface area contributed by atoms with E-state index in [1.54, 1.807) is 5.57 Å². The molecule has 3 nitrogen and oxygen atoms in total. The highest BCUT2D eigenvalue weighted by Crippen LogP contribution is 2.31. The lowest BCUT2D eigenvalue weighted by Crippen LogP contribution is -2.44. The van der Waals surface area contributed by atoms with Crippen molar-refractivity contribution in [3.05, 3.63) is 11.6 Å². The summed E-state index contributed by atoms with van der Waals surface area (Å²) in [6.07, 6.45) is 7.04. The average Bonchev–Trinajstić information content (AvgIpc) is 2.43. The summed E-state index contributed by atoms with van der Waals surface area (Å²) >= 11 is 0. The van der Waals surface area contributed by atoms with E-state index in [-0.39, 0.29) is 17.9 Å². The minimum Gasteiger partial charge on any atom is -0.354 e. The maximum absolute atomic E-state index is 12.1. The van der Waals surface area contributed by atoms with Crippen molar-refractivity contribution in [3.63, 3.8) is 0 Å². The van der Waals surface area contributed by atoms with Crippen LogP contribution in [-0.2, 0) is 4.79 Å². The van der Waals surface area contributed by atoms with Crippen molar-refractivity contribution < 1.29 is 4.79 Å². The molecule has 120 valence electrons. The minimum atomic E-state index is 0.226. The second kappa shape index (κ2) is 7.44. The maximum Gasteiger partial charge on any atom is 0.223 e. The highest BCUT2D eigenvalue weighted by atomic mass is 16.1. The number of carbonyl (C=O) groups is 1. The number of nitrogens with zero attached hydrogens (tertiary/aromatic N) is 1. The second-order valence-electron chi connectivity index (χ2n) is 7.35. The number of hydrogen-bond donors (Lipinski definition) is 1. The van der Waals surface area contributed by atoms with Crippen molar-refractivity contribution in [1.82, 2.24) is 10.2 Å². The summed E-state index contributed by atoms with van der Waals surface area (Å²) in [7, 11) is 0. The predicted octanol–water partition coefficient (Wildman–Crippen LogP) is 3.22. The third-order valence-electron chi connectivity index (χ3n) is 5.20. The summed E-state index contributed by atoms with van der Waals surface area (Å²) in [5.74, 6) is 2.01. The molecule has 21 heavy (non-hydrogen) atoms. The van der Waals surface area contributed by atoms with Crippen LogP contribution in [0.15, 0.2) is 11.6 Å². The molecule has 0 aromatic heterocycles. The van der Waals surface area contributed by atoms with Crippen LogP contribution in [0.5, 0.6) is 0 Å². The molecule has 2 rings (SSSR count). The number of likely N-dealkylation sites (tertiary alicyclic amines) is 1. The summed E-state index contributed by atoms with van der Waals surface area (Å²) in [5.41, 5.74) is 1.58. The summed E-state index contributed by atoms with van der Waals surface area (Å²) in [6, 6.07) is 0.256. The molecule has 0 aromatic rings. The van der Waals surface area contributed by atoms with Gasteiger partial charge in [-0.25, -0.2) is 0 Å². The number of rotatable bonds is 4. The van der Waals surface area contributed by atoms with Gasteiger partial charge in [0.2, 0.25) is 5.91 Å². The molecule has 0 saturated carbocycles. The zero-order chi connectivity index (χ0) is 15.4. The molecule has 0 bridgehead atoms. The molecule has 2 atom stereocenters. The van der Waals surface area contributed by atoms with E-state index in [0.29, 0.717) is 0 Å². The Morgan fingerprint density at radius 2 is 2.00 bits per heavy atom. The third kappa shape index (κ3) is 4.57. The predicted molar refractivity (Wildman–Crippen MR) is 88.1 cm³/mol. The van der Waals surface area contributed by atoms with Gasteiger partial charge in [-0.2, -0.15) is 0 Å². The van der Waals surface area contributed by atoms with Crippen LogP contribution in [-0.4, -0.2) is 36.5 Å². The molecule has 0 radical (unpaired) electrons. The van der Waals surface area contributed by atoms with E-state index in [4.69, 9.17) is 0 Å². The van der Waals surface area contributed by atoms with Crippen molar-refractivity contribution in [1.29, 1.82) is 0 Å². The van der Waals surface area contributed by atoms with E-state index >= 15 is 0 Å². The van der Waals surface area contributed by atoms with Gasteiger partial charge in [-0.3, -0.25) is 4.79 Å². The number of amides is 1. The standard InChI is InChI=1S/C18H32N2O/c1-13(2)19-18(21)16-8-10-20(11-9-16)12-17-14(3)6-5-7-15(17)4/h6,13,15-17H,5,7-12H2,1-4H3,(H,19,21). The van der Waals surface area contributed by atoms with Gasteiger partial charge in [0.1, 0.15) is 0 Å². The van der Waals surface area contributed by atoms with Gasteiger partial charge in [-0.05, 0) is 71.4 Å². The molecule has 1 aliphatic heterocycles. The summed E-state index contributed by atoms with van der Waals surface area (Å²) < 4.78 is 0. The average molecular weight is 292 g/mol. The fourth-order valence-corrected chi connectivity index (χ4v) is 3.76. The fraction of sp³-hybridized carbons (Fsp3) is 0.833. The van der Waals surface area contributed by atoms with Crippen LogP contribution >= 0.6 is 0 Å². The Labute approximate surface area is 130 Å². The van der Waals surface area contributed by atoms with E-state index in [2.05, 4.69) is 30.1 Å². The van der Waals surface area contributed by atoms with Crippen LogP contribution < -0.4 is 5.32 Å². The summed E-state index contributed by atoms with van der Waals surface area (Å²) in [5, 5.41) is 3.06. The van der Waals surface area contributed by atoms with Crippen LogP contribution in [0.3, 0.4) is 0 Å². The zero-order valence-corrected chi connectivity index (χ0v) is 14.2. The zero-order valence-electron chi connectivity index (χ0n) is 14.2. The lowest BCUT2D eigenvalue weighted by molar-refractivity contribution is -0.127. The Bertz CT molecular complexity index is 381. The molecule has 0 aromatic carbocycles. The molecular formula is C18H32N2O. The summed E-state index contributed by atoms with van der Waals surface area (Å²) in [4.78, 5) is 14.6. The van der Waals surface area contributed by atoms with E-state index in [9.17, 15) is 4.79 Å². The molecule has 2 unspecified atom stereocenters. The largest absolute Gasteiger partial charge is 0.354 e. The highest BCUT2D eigenvalue weighted by Gasteiger charge is 2.29. The van der Waals surface area contributed by atoms with Gasteiger partial charge in [-0.1, -0.05) is 18.6 Å². The van der Waals surface area contributed by atoms with E-state index < -0.39 is 0 Å². The lowest BCUT2D eigenvalue weighted by atomic mass is 9.79. The topological polar surface area (TPSA) is 32.3 Å². The van der Waals surface area contributed by atoms with Crippen LogP contribution in [0.4, 0.5) is 0 Å². The Hall–Kier alpha value is -0.830. The van der Waals surface area contributed by atoms with Crippen LogP contribution in [0.2, 0.25) is 0 Å². The highest BCUT2D eigenvalue weighted by molar-refractivity contribution is 5.78. The lowest BCUT2D eigenvalue weighted by Gasteiger charge is -2.37. The van der Waals surface area contributed by atoms with Crippen molar-refractivity contribution in [2.75, 3.05) is 19.6 Å². The van der Waals surface area contributed by atoms with Gasteiger partial charge in [0.05, 0.1) is 0 Å². The molecule has 1 amide bonds. The smallest absolute Gasteiger partial charge is 0.223 e. The number of allylic oxidation sites excluding steroid dienone is 1. The third-order valence-corrected chi connectivity index (χ3v) is 5.20. The molecular weight excluding hydrogens is 260 g/mol. The molecule has 1 heterocycles. The molecule has 0 spiro atoms. The van der Waals surface area contributed by atoms with Gasteiger partial charge in [-0.15, -0.1) is 0 Å². The van der Waals surface area contributed by atoms with Gasteiger partial charge in [0.25, 0.3) is 0 Å². The molecule has 2 aliphatic rings. The van der Waals surface area contributed by atoms with E-state index in [1.165, 1.54) is 19.4 Å². The van der Waals surface area contributed by atoms with Crippen molar-refractivity contribution >= 4 is 5.91 Å². The monoisotopic (exact) mass is 292 g/mol. The van der Waals surface area contributed by atoms with Gasteiger partial charge in [0.15, 0.2) is 0 Å². The van der Waals surface area contributed by atoms with Gasteiger partial charge >= 0.3 is 0 Å². The molecule has 1 N–H and O–H groups in total. The first-order chi connectivity index (χ1) is 9.97. The molecule has 3 heteroatoms.